The summed E-state index contributed by atoms with van der Waals surface area (Å²) in [4.78, 5) is 36.9. The van der Waals surface area contributed by atoms with E-state index in [2.05, 4.69) is 37.8 Å². The fourth-order valence-electron chi connectivity index (χ4n) is 3.20. The number of hydrogen-bond acceptors (Lipinski definition) is 5. The lowest BCUT2D eigenvalue weighted by Gasteiger charge is -2.14. The Morgan fingerprint density at radius 3 is 2.38 bits per heavy atom. The number of carbonyl (C=O) groups is 3. The molecule has 3 aromatic rings. The number of alkyl halides is 3. The van der Waals surface area contributed by atoms with Crippen molar-refractivity contribution in [2.75, 3.05) is 11.9 Å². The Balaban J connectivity index is 1.78. The number of halogens is 7. The van der Waals surface area contributed by atoms with Gasteiger partial charge in [-0.05, 0) is 62.4 Å². The average Bonchev–Trinajstić information content (AvgIpc) is 2.88. The summed E-state index contributed by atoms with van der Waals surface area (Å²) in [5.41, 5.74) is -2.13. The van der Waals surface area contributed by atoms with Crippen LogP contribution < -0.4 is 14.8 Å². The Morgan fingerprint density at radius 2 is 1.74 bits per heavy atom. The number of nitrogens with one attached hydrogen (secondary N) is 1. The third-order valence-electron chi connectivity index (χ3n) is 5.31. The number of benzene rings is 3. The van der Waals surface area contributed by atoms with Gasteiger partial charge in [0.15, 0.2) is 18.2 Å². The van der Waals surface area contributed by atoms with E-state index in [0.717, 1.165) is 12.1 Å². The highest BCUT2D eigenvalue weighted by Crippen LogP contribution is 2.32. The topological polar surface area (TPSA) is 102 Å². The zero-order valence-electron chi connectivity index (χ0n) is 21.5. The summed E-state index contributed by atoms with van der Waals surface area (Å²) in [5, 5.41) is 11.1. The van der Waals surface area contributed by atoms with Gasteiger partial charge in [-0.15, -0.1) is 13.2 Å². The van der Waals surface area contributed by atoms with Crippen LogP contribution >= 0.6 is 39.1 Å². The van der Waals surface area contributed by atoms with Gasteiger partial charge in [0, 0.05) is 15.1 Å². The first-order valence-electron chi connectivity index (χ1n) is 11.5. The standard InChI is InChI=1S/C28H18BrCl2F4NO6/c1-27(2,26(39)40)8-7-14-3-5-20(23(31)24(14)32)36-22(37)13-41-21-6-4-17(30)12-19(21)25(38)15-9-16(29)11-18(10-15)42-28(33,34)35/h3-6,9-12H,13H2,1-2H3,(H,36,37)(H,39,40). The van der Waals surface area contributed by atoms with E-state index in [4.69, 9.17) is 33.0 Å². The molecule has 0 atom stereocenters. The number of ketones is 1. The van der Waals surface area contributed by atoms with Crippen molar-refractivity contribution in [2.45, 2.75) is 20.2 Å². The lowest BCUT2D eigenvalue weighted by atomic mass is 9.94. The molecule has 0 aliphatic rings. The Morgan fingerprint density at radius 1 is 1.05 bits per heavy atom. The number of hydrogen-bond donors (Lipinski definition) is 2. The summed E-state index contributed by atoms with van der Waals surface area (Å²) in [7, 11) is 0. The van der Waals surface area contributed by atoms with Crippen LogP contribution in [0.2, 0.25) is 10.0 Å². The van der Waals surface area contributed by atoms with E-state index in [1.165, 1.54) is 50.2 Å². The predicted molar refractivity (Wildman–Crippen MR) is 150 cm³/mol. The van der Waals surface area contributed by atoms with Crippen LogP contribution in [0.15, 0.2) is 53.0 Å². The minimum absolute atomic E-state index is 0.106. The zero-order valence-corrected chi connectivity index (χ0v) is 24.6. The molecule has 0 aliphatic heterocycles. The molecule has 7 nitrogen and oxygen atoms in total. The molecule has 0 bridgehead atoms. The largest absolute Gasteiger partial charge is 0.573 e. The smallest absolute Gasteiger partial charge is 0.483 e. The van der Waals surface area contributed by atoms with E-state index in [-0.39, 0.29) is 37.6 Å². The first-order chi connectivity index (χ1) is 19.5. The van der Waals surface area contributed by atoms with Crippen molar-refractivity contribution in [3.8, 4) is 23.3 Å². The van der Waals surface area contributed by atoms with Crippen molar-refractivity contribution in [1.82, 2.24) is 0 Å². The van der Waals surface area contributed by atoms with E-state index in [0.29, 0.717) is 0 Å². The second-order valence-corrected chi connectivity index (χ2v) is 10.7. The highest BCUT2D eigenvalue weighted by Gasteiger charge is 2.32. The molecule has 2 N–H and O–H groups in total. The molecule has 0 aromatic heterocycles. The van der Waals surface area contributed by atoms with E-state index in [9.17, 15) is 31.9 Å². The normalized spacial score (nSPS) is 11.3. The summed E-state index contributed by atoms with van der Waals surface area (Å²) < 4.78 is 62.3. The molecule has 0 saturated carbocycles. The van der Waals surface area contributed by atoms with Gasteiger partial charge in [-0.1, -0.05) is 51.0 Å². The quantitative estimate of drug-likeness (QED) is 0.144. The van der Waals surface area contributed by atoms with Gasteiger partial charge in [0.2, 0.25) is 0 Å². The van der Waals surface area contributed by atoms with Crippen LogP contribution in [-0.2, 0) is 9.59 Å². The molecule has 1 amide bonds. The number of rotatable bonds is 8. The van der Waals surface area contributed by atoms with Gasteiger partial charge in [-0.3, -0.25) is 14.4 Å². The molecule has 0 unspecified atom stereocenters. The first kappa shape index (κ1) is 32.7. The molecule has 3 aromatic carbocycles. The summed E-state index contributed by atoms with van der Waals surface area (Å²) >= 11 is 15.1. The van der Waals surface area contributed by atoms with Crippen molar-refractivity contribution in [1.29, 1.82) is 0 Å². The zero-order chi connectivity index (χ0) is 31.4. The SMILES string of the molecule is CC(C)(C#Cc1ccc(NC(=O)COc2ccc(Cl)cc2C(=O)c2cc(Br)cc(OC(F)(F)F)c2)c(Cl)c1F)C(=O)O. The van der Waals surface area contributed by atoms with Gasteiger partial charge in [-0.2, -0.15) is 0 Å². The van der Waals surface area contributed by atoms with Crippen LogP contribution in [0, 0.1) is 23.1 Å². The van der Waals surface area contributed by atoms with Gasteiger partial charge < -0.3 is 19.9 Å². The molecule has 3 rings (SSSR count). The summed E-state index contributed by atoms with van der Waals surface area (Å²) in [5.74, 6) is 0.309. The summed E-state index contributed by atoms with van der Waals surface area (Å²) in [6.07, 6.45) is -4.99. The van der Waals surface area contributed by atoms with Gasteiger partial charge in [-0.25, -0.2) is 4.39 Å². The predicted octanol–water partition coefficient (Wildman–Crippen LogP) is 7.50. The maximum absolute atomic E-state index is 14.7. The van der Waals surface area contributed by atoms with Gasteiger partial charge in [0.1, 0.15) is 21.9 Å². The first-order valence-corrected chi connectivity index (χ1v) is 13.1. The highest BCUT2D eigenvalue weighted by molar-refractivity contribution is 9.10. The lowest BCUT2D eigenvalue weighted by molar-refractivity contribution is -0.274. The molecule has 220 valence electrons. The molecule has 0 spiro atoms. The fourth-order valence-corrected chi connectivity index (χ4v) is 4.05. The van der Waals surface area contributed by atoms with Crippen molar-refractivity contribution in [3.63, 3.8) is 0 Å². The Bertz CT molecular complexity index is 1630. The minimum atomic E-state index is -4.99. The highest BCUT2D eigenvalue weighted by atomic mass is 79.9. The number of carboxylic acid groups (broad SMARTS) is 1. The van der Waals surface area contributed by atoms with Gasteiger partial charge in [0.25, 0.3) is 5.91 Å². The fraction of sp³-hybridized carbons (Fsp3) is 0.179. The molecular formula is C28H18BrCl2F4NO6. The van der Waals surface area contributed by atoms with Crippen molar-refractivity contribution in [3.05, 3.63) is 85.6 Å². The molecule has 0 radical (unpaired) electrons. The summed E-state index contributed by atoms with van der Waals surface area (Å²) in [6.45, 7) is 2.00. The van der Waals surface area contributed by atoms with Crippen LogP contribution in [-0.4, -0.2) is 35.7 Å². The number of anilines is 1. The molecule has 14 heteroatoms. The molecular weight excluding hydrogens is 673 g/mol. The van der Waals surface area contributed by atoms with E-state index in [1.54, 1.807) is 0 Å². The number of carbonyl (C=O) groups excluding carboxylic acids is 2. The second-order valence-electron chi connectivity index (χ2n) is 9.00. The molecule has 42 heavy (non-hydrogen) atoms. The lowest BCUT2D eigenvalue weighted by Crippen LogP contribution is -2.21. The van der Waals surface area contributed by atoms with Crippen LogP contribution in [0.5, 0.6) is 11.5 Å². The maximum Gasteiger partial charge on any atom is 0.573 e. The van der Waals surface area contributed by atoms with E-state index >= 15 is 0 Å². The third-order valence-corrected chi connectivity index (χ3v) is 6.38. The second kappa shape index (κ2) is 13.0. The van der Waals surface area contributed by atoms with Crippen molar-refractivity contribution in [2.24, 2.45) is 5.41 Å². The van der Waals surface area contributed by atoms with Gasteiger partial charge in [0.05, 0.1) is 16.8 Å². The Labute approximate surface area is 254 Å². The molecule has 0 saturated heterocycles. The van der Waals surface area contributed by atoms with Crippen LogP contribution in [0.4, 0.5) is 23.2 Å². The monoisotopic (exact) mass is 689 g/mol. The number of aliphatic carboxylic acids is 1. The van der Waals surface area contributed by atoms with Crippen molar-refractivity contribution >= 4 is 62.5 Å². The van der Waals surface area contributed by atoms with Crippen LogP contribution in [0.1, 0.15) is 35.3 Å². The molecule has 0 aliphatic carbocycles. The third kappa shape index (κ3) is 8.61. The number of amides is 1. The molecule has 0 fully saturated rings. The van der Waals surface area contributed by atoms with Crippen molar-refractivity contribution < 1.29 is 46.5 Å². The van der Waals surface area contributed by atoms with Gasteiger partial charge >= 0.3 is 12.3 Å². The number of ether oxygens (including phenoxy) is 2. The van der Waals surface area contributed by atoms with Crippen LogP contribution in [0.3, 0.4) is 0 Å². The molecule has 0 heterocycles. The summed E-state index contributed by atoms with van der Waals surface area (Å²) in [6, 6.07) is 9.48. The van der Waals surface area contributed by atoms with E-state index in [1.807, 2.05) is 0 Å². The average molecular weight is 691 g/mol. The Kier molecular flexibility index (Phi) is 10.1. The van der Waals surface area contributed by atoms with Crippen LogP contribution in [0.25, 0.3) is 0 Å². The van der Waals surface area contributed by atoms with E-state index < -0.39 is 52.6 Å². The maximum atomic E-state index is 14.7. The number of carboxylic acids is 1. The Hall–Kier alpha value is -3.79. The minimum Gasteiger partial charge on any atom is -0.483 e.